The minimum Gasteiger partial charge on any atom is -0.338 e. The van der Waals surface area contributed by atoms with E-state index in [2.05, 4.69) is 10.6 Å². The number of rotatable bonds is 5. The summed E-state index contributed by atoms with van der Waals surface area (Å²) in [5.74, 6) is 0. The van der Waals surface area contributed by atoms with E-state index in [1.807, 2.05) is 13.0 Å². The summed E-state index contributed by atoms with van der Waals surface area (Å²) in [4.78, 5) is 21.7. The van der Waals surface area contributed by atoms with E-state index in [4.69, 9.17) is 5.26 Å². The second kappa shape index (κ2) is 6.96. The Labute approximate surface area is 110 Å². The van der Waals surface area contributed by atoms with Gasteiger partial charge in [0.25, 0.3) is 5.69 Å². The molecule has 100 valence electrons. The maximum Gasteiger partial charge on any atom is 0.319 e. The average molecular weight is 262 g/mol. The molecule has 0 atom stereocenters. The van der Waals surface area contributed by atoms with Crippen molar-refractivity contribution in [2.24, 2.45) is 0 Å². The highest BCUT2D eigenvalue weighted by atomic mass is 16.6. The first kappa shape index (κ1) is 14.4. The van der Waals surface area contributed by atoms with Crippen molar-refractivity contribution in [2.45, 2.75) is 19.8 Å². The Morgan fingerprint density at radius 2 is 2.26 bits per heavy atom. The number of nitriles is 1. The van der Waals surface area contributed by atoms with Crippen molar-refractivity contribution in [1.82, 2.24) is 5.32 Å². The third-order valence-electron chi connectivity index (χ3n) is 2.39. The molecule has 0 aliphatic heterocycles. The van der Waals surface area contributed by atoms with Crippen LogP contribution in [0.5, 0.6) is 0 Å². The number of amides is 2. The minimum absolute atomic E-state index is 0.0676. The molecule has 0 radical (unpaired) electrons. The van der Waals surface area contributed by atoms with E-state index in [1.165, 1.54) is 12.1 Å². The van der Waals surface area contributed by atoms with Gasteiger partial charge in [-0.15, -0.1) is 0 Å². The SMILES string of the molecule is CCCCNC(=O)Nc1ccc(C#N)cc1[N+](=O)[O-]. The lowest BCUT2D eigenvalue weighted by Gasteiger charge is -2.07. The van der Waals surface area contributed by atoms with Gasteiger partial charge in [-0.05, 0) is 18.6 Å². The van der Waals surface area contributed by atoms with Gasteiger partial charge >= 0.3 is 6.03 Å². The van der Waals surface area contributed by atoms with Crippen molar-refractivity contribution in [1.29, 1.82) is 5.26 Å². The highest BCUT2D eigenvalue weighted by molar-refractivity contribution is 5.91. The maximum absolute atomic E-state index is 11.5. The van der Waals surface area contributed by atoms with Crippen molar-refractivity contribution < 1.29 is 9.72 Å². The van der Waals surface area contributed by atoms with Gasteiger partial charge in [0.05, 0.1) is 16.6 Å². The fraction of sp³-hybridized carbons (Fsp3) is 0.333. The second-order valence-electron chi connectivity index (χ2n) is 3.84. The zero-order valence-corrected chi connectivity index (χ0v) is 10.5. The van der Waals surface area contributed by atoms with E-state index in [-0.39, 0.29) is 16.9 Å². The highest BCUT2D eigenvalue weighted by Gasteiger charge is 2.16. The molecule has 0 fully saturated rings. The quantitative estimate of drug-likeness (QED) is 0.482. The highest BCUT2D eigenvalue weighted by Crippen LogP contribution is 2.25. The molecule has 1 aromatic rings. The molecule has 0 bridgehead atoms. The van der Waals surface area contributed by atoms with Crippen LogP contribution in [0.15, 0.2) is 18.2 Å². The van der Waals surface area contributed by atoms with Crippen molar-refractivity contribution >= 4 is 17.4 Å². The van der Waals surface area contributed by atoms with Crippen LogP contribution in [-0.2, 0) is 0 Å². The molecule has 7 nitrogen and oxygen atoms in total. The molecule has 1 rings (SSSR count). The molecule has 2 amide bonds. The normalized spacial score (nSPS) is 9.47. The monoisotopic (exact) mass is 262 g/mol. The third kappa shape index (κ3) is 4.27. The number of carbonyl (C=O) groups excluding carboxylic acids is 1. The number of nitrogens with zero attached hydrogens (tertiary/aromatic N) is 2. The minimum atomic E-state index is -0.636. The van der Waals surface area contributed by atoms with Gasteiger partial charge in [0.15, 0.2) is 0 Å². The van der Waals surface area contributed by atoms with Crippen molar-refractivity contribution in [3.8, 4) is 6.07 Å². The van der Waals surface area contributed by atoms with Crippen LogP contribution in [0.25, 0.3) is 0 Å². The fourth-order valence-corrected chi connectivity index (χ4v) is 1.40. The molecule has 2 N–H and O–H groups in total. The fourth-order valence-electron chi connectivity index (χ4n) is 1.40. The second-order valence-corrected chi connectivity index (χ2v) is 3.84. The number of nitro benzene ring substituents is 1. The number of nitro groups is 1. The molecule has 19 heavy (non-hydrogen) atoms. The number of anilines is 1. The summed E-state index contributed by atoms with van der Waals surface area (Å²) in [6, 6.07) is 5.19. The van der Waals surface area contributed by atoms with Crippen molar-refractivity contribution in [3.05, 3.63) is 33.9 Å². The largest absolute Gasteiger partial charge is 0.338 e. The number of carbonyl (C=O) groups is 1. The van der Waals surface area contributed by atoms with Gasteiger partial charge in [0.1, 0.15) is 5.69 Å². The van der Waals surface area contributed by atoms with Gasteiger partial charge in [-0.3, -0.25) is 10.1 Å². The number of urea groups is 1. The third-order valence-corrected chi connectivity index (χ3v) is 2.39. The van der Waals surface area contributed by atoms with Gasteiger partial charge in [0, 0.05) is 12.6 Å². The first-order chi connectivity index (χ1) is 9.08. The summed E-state index contributed by atoms with van der Waals surface area (Å²) in [7, 11) is 0. The Morgan fingerprint density at radius 3 is 2.84 bits per heavy atom. The molecule has 0 aliphatic carbocycles. The number of hydrogen-bond donors (Lipinski definition) is 2. The Kier molecular flexibility index (Phi) is 5.29. The Morgan fingerprint density at radius 1 is 1.53 bits per heavy atom. The zero-order chi connectivity index (χ0) is 14.3. The lowest BCUT2D eigenvalue weighted by atomic mass is 10.2. The van der Waals surface area contributed by atoms with Gasteiger partial charge < -0.3 is 10.6 Å². The lowest BCUT2D eigenvalue weighted by Crippen LogP contribution is -2.29. The lowest BCUT2D eigenvalue weighted by molar-refractivity contribution is -0.383. The summed E-state index contributed by atoms with van der Waals surface area (Å²) in [5.41, 5.74) is -0.0636. The van der Waals surface area contributed by atoms with Crippen LogP contribution in [0.3, 0.4) is 0 Å². The van der Waals surface area contributed by atoms with Crippen molar-refractivity contribution in [3.63, 3.8) is 0 Å². The first-order valence-electron chi connectivity index (χ1n) is 5.82. The predicted octanol–water partition coefficient (Wildman–Crippen LogP) is 2.39. The van der Waals surface area contributed by atoms with Crippen LogP contribution in [0.2, 0.25) is 0 Å². The van der Waals surface area contributed by atoms with Gasteiger partial charge in [0.2, 0.25) is 0 Å². The Bertz CT molecular complexity index is 522. The van der Waals surface area contributed by atoms with E-state index in [0.717, 1.165) is 18.9 Å². The summed E-state index contributed by atoms with van der Waals surface area (Å²) in [6.45, 7) is 2.50. The molecule has 0 spiro atoms. The number of unbranched alkanes of at least 4 members (excludes halogenated alkanes) is 1. The molecule has 0 heterocycles. The summed E-state index contributed by atoms with van der Waals surface area (Å²) in [5, 5.41) is 24.5. The average Bonchev–Trinajstić information content (AvgIpc) is 2.39. The predicted molar refractivity (Wildman–Crippen MR) is 69.7 cm³/mol. The smallest absolute Gasteiger partial charge is 0.319 e. The van der Waals surface area contributed by atoms with Crippen LogP contribution >= 0.6 is 0 Å². The van der Waals surface area contributed by atoms with E-state index < -0.39 is 11.0 Å². The molecule has 0 unspecified atom stereocenters. The maximum atomic E-state index is 11.5. The van der Waals surface area contributed by atoms with Crippen LogP contribution in [0.4, 0.5) is 16.2 Å². The topological polar surface area (TPSA) is 108 Å². The van der Waals surface area contributed by atoms with Crippen LogP contribution < -0.4 is 10.6 Å². The summed E-state index contributed by atoms with van der Waals surface area (Å²) < 4.78 is 0. The Balaban J connectivity index is 2.80. The Hall–Kier alpha value is -2.62. The van der Waals surface area contributed by atoms with E-state index >= 15 is 0 Å². The number of hydrogen-bond acceptors (Lipinski definition) is 4. The molecular formula is C12H14N4O3. The summed E-state index contributed by atoms with van der Waals surface area (Å²) in [6.07, 6.45) is 1.78. The van der Waals surface area contributed by atoms with Crippen molar-refractivity contribution in [2.75, 3.05) is 11.9 Å². The van der Waals surface area contributed by atoms with Gasteiger partial charge in [-0.1, -0.05) is 13.3 Å². The molecule has 1 aromatic carbocycles. The molecule has 0 saturated heterocycles. The zero-order valence-electron chi connectivity index (χ0n) is 10.5. The van der Waals surface area contributed by atoms with Crippen LogP contribution in [0, 0.1) is 21.4 Å². The molecule has 0 aromatic heterocycles. The van der Waals surface area contributed by atoms with E-state index in [9.17, 15) is 14.9 Å². The summed E-state index contributed by atoms with van der Waals surface area (Å²) >= 11 is 0. The van der Waals surface area contributed by atoms with E-state index in [0.29, 0.717) is 6.54 Å². The van der Waals surface area contributed by atoms with Gasteiger partial charge in [-0.2, -0.15) is 5.26 Å². The number of nitrogens with one attached hydrogen (secondary N) is 2. The molecule has 0 saturated carbocycles. The van der Waals surface area contributed by atoms with Crippen LogP contribution in [-0.4, -0.2) is 17.5 Å². The van der Waals surface area contributed by atoms with E-state index in [1.54, 1.807) is 0 Å². The molecule has 7 heteroatoms. The standard InChI is InChI=1S/C12H14N4O3/c1-2-3-6-14-12(17)15-10-5-4-9(8-13)7-11(10)16(18)19/h4-5,7H,2-3,6H2,1H3,(H2,14,15,17). The van der Waals surface area contributed by atoms with Gasteiger partial charge in [-0.25, -0.2) is 4.79 Å². The first-order valence-corrected chi connectivity index (χ1v) is 5.82. The molecular weight excluding hydrogens is 248 g/mol. The van der Waals surface area contributed by atoms with Crippen LogP contribution in [0.1, 0.15) is 25.3 Å². The number of benzene rings is 1. The molecule has 0 aliphatic rings.